The Morgan fingerprint density at radius 2 is 2.25 bits per heavy atom. The lowest BCUT2D eigenvalue weighted by Gasteiger charge is -2.16. The van der Waals surface area contributed by atoms with Gasteiger partial charge in [0.15, 0.2) is 0 Å². The van der Waals surface area contributed by atoms with Crippen molar-refractivity contribution >= 4 is 0 Å². The van der Waals surface area contributed by atoms with Crippen molar-refractivity contribution in [2.45, 2.75) is 45.1 Å². The Morgan fingerprint density at radius 1 is 1.58 bits per heavy atom. The van der Waals surface area contributed by atoms with Gasteiger partial charge in [-0.2, -0.15) is 0 Å². The highest BCUT2D eigenvalue weighted by atomic mass is 14.9. The van der Waals surface area contributed by atoms with Crippen LogP contribution in [0, 0.1) is 5.92 Å². The van der Waals surface area contributed by atoms with E-state index in [0.717, 1.165) is 12.3 Å². The highest BCUT2D eigenvalue weighted by Crippen LogP contribution is 2.34. The third-order valence-corrected chi connectivity index (χ3v) is 2.76. The van der Waals surface area contributed by atoms with Gasteiger partial charge in [-0.15, -0.1) is 0 Å². The van der Waals surface area contributed by atoms with E-state index < -0.39 is 0 Å². The molecule has 12 heavy (non-hydrogen) atoms. The molecule has 1 aliphatic rings. The SMILES string of the molecule is C=C(CC)CC(CC1CC1)NC. The topological polar surface area (TPSA) is 12.0 Å². The van der Waals surface area contributed by atoms with E-state index in [1.54, 1.807) is 0 Å². The molecule has 0 aromatic rings. The standard InChI is InChI=1S/C11H21N/c1-4-9(2)7-11(12-3)8-10-5-6-10/h10-12H,2,4-8H2,1,3H3. The lowest BCUT2D eigenvalue weighted by Crippen LogP contribution is -2.26. The molecule has 70 valence electrons. The van der Waals surface area contributed by atoms with Gasteiger partial charge in [0.1, 0.15) is 0 Å². The second kappa shape index (κ2) is 4.66. The Balaban J connectivity index is 2.18. The zero-order valence-electron chi connectivity index (χ0n) is 8.40. The molecule has 1 nitrogen and oxygen atoms in total. The maximum Gasteiger partial charge on any atom is 0.0104 e. The van der Waals surface area contributed by atoms with Crippen LogP contribution in [-0.2, 0) is 0 Å². The minimum Gasteiger partial charge on any atom is -0.317 e. The van der Waals surface area contributed by atoms with Crippen molar-refractivity contribution in [2.24, 2.45) is 5.92 Å². The van der Waals surface area contributed by atoms with Crippen molar-refractivity contribution in [1.29, 1.82) is 0 Å². The summed E-state index contributed by atoms with van der Waals surface area (Å²) >= 11 is 0. The van der Waals surface area contributed by atoms with Crippen LogP contribution in [0.25, 0.3) is 0 Å². The van der Waals surface area contributed by atoms with Crippen LogP contribution in [0.1, 0.15) is 39.0 Å². The summed E-state index contributed by atoms with van der Waals surface area (Å²) in [6, 6.07) is 0.685. The maximum atomic E-state index is 4.05. The summed E-state index contributed by atoms with van der Waals surface area (Å²) < 4.78 is 0. The smallest absolute Gasteiger partial charge is 0.0104 e. The molecule has 1 aliphatic carbocycles. The van der Waals surface area contributed by atoms with E-state index in [2.05, 4.69) is 25.9 Å². The molecule has 0 spiro atoms. The summed E-state index contributed by atoms with van der Waals surface area (Å²) in [6.07, 6.45) is 6.56. The molecule has 0 aliphatic heterocycles. The van der Waals surface area contributed by atoms with E-state index >= 15 is 0 Å². The first kappa shape index (κ1) is 9.79. The molecule has 1 saturated carbocycles. The van der Waals surface area contributed by atoms with Gasteiger partial charge in [-0.3, -0.25) is 0 Å². The van der Waals surface area contributed by atoms with Crippen LogP contribution in [0.15, 0.2) is 12.2 Å². The van der Waals surface area contributed by atoms with Crippen molar-refractivity contribution in [2.75, 3.05) is 7.05 Å². The van der Waals surface area contributed by atoms with E-state index in [0.29, 0.717) is 6.04 Å². The largest absolute Gasteiger partial charge is 0.317 e. The van der Waals surface area contributed by atoms with Crippen LogP contribution in [0.3, 0.4) is 0 Å². The molecule has 1 unspecified atom stereocenters. The highest BCUT2D eigenvalue weighted by molar-refractivity contribution is 4.97. The Hall–Kier alpha value is -0.300. The third kappa shape index (κ3) is 3.40. The number of hydrogen-bond donors (Lipinski definition) is 1. The number of nitrogens with one attached hydrogen (secondary N) is 1. The highest BCUT2D eigenvalue weighted by Gasteiger charge is 2.24. The Bertz CT molecular complexity index is 147. The van der Waals surface area contributed by atoms with E-state index in [4.69, 9.17) is 0 Å². The summed E-state index contributed by atoms with van der Waals surface area (Å²) in [4.78, 5) is 0. The van der Waals surface area contributed by atoms with E-state index in [1.807, 2.05) is 0 Å². The summed E-state index contributed by atoms with van der Waals surface area (Å²) in [7, 11) is 2.07. The predicted molar refractivity (Wildman–Crippen MR) is 54.2 cm³/mol. The summed E-state index contributed by atoms with van der Waals surface area (Å²) in [5.74, 6) is 1.02. The van der Waals surface area contributed by atoms with Gasteiger partial charge < -0.3 is 5.32 Å². The van der Waals surface area contributed by atoms with Crippen molar-refractivity contribution < 1.29 is 0 Å². The average Bonchev–Trinajstić information content (AvgIpc) is 2.86. The molecule has 0 heterocycles. The van der Waals surface area contributed by atoms with Gasteiger partial charge in [-0.25, -0.2) is 0 Å². The van der Waals surface area contributed by atoms with Crippen LogP contribution in [0.2, 0.25) is 0 Å². The maximum absolute atomic E-state index is 4.05. The second-order valence-corrected chi connectivity index (χ2v) is 3.97. The van der Waals surface area contributed by atoms with Gasteiger partial charge in [0.2, 0.25) is 0 Å². The zero-order chi connectivity index (χ0) is 8.97. The van der Waals surface area contributed by atoms with Gasteiger partial charge in [0.05, 0.1) is 0 Å². The fraction of sp³-hybridized carbons (Fsp3) is 0.818. The quantitative estimate of drug-likeness (QED) is 0.600. The first-order valence-corrected chi connectivity index (χ1v) is 5.10. The molecule has 1 fully saturated rings. The first-order chi connectivity index (χ1) is 5.76. The second-order valence-electron chi connectivity index (χ2n) is 3.97. The van der Waals surface area contributed by atoms with E-state index in [-0.39, 0.29) is 0 Å². The normalized spacial score (nSPS) is 19.2. The number of rotatable bonds is 6. The molecular formula is C11H21N. The predicted octanol–water partition coefficient (Wildman–Crippen LogP) is 2.73. The van der Waals surface area contributed by atoms with Crippen molar-refractivity contribution in [1.82, 2.24) is 5.32 Å². The van der Waals surface area contributed by atoms with E-state index in [1.165, 1.54) is 31.3 Å². The molecule has 1 rings (SSSR count). The Kier molecular flexibility index (Phi) is 3.80. The molecule has 1 heteroatoms. The fourth-order valence-corrected chi connectivity index (χ4v) is 1.55. The molecule has 0 bridgehead atoms. The van der Waals surface area contributed by atoms with Gasteiger partial charge in [-0.05, 0) is 32.2 Å². The minimum atomic E-state index is 0.685. The summed E-state index contributed by atoms with van der Waals surface area (Å²) in [6.45, 7) is 6.24. The molecule has 0 aromatic carbocycles. The van der Waals surface area contributed by atoms with Crippen molar-refractivity contribution in [3.63, 3.8) is 0 Å². The molecule has 0 saturated heterocycles. The summed E-state index contributed by atoms with van der Waals surface area (Å²) in [5, 5.41) is 3.38. The fourth-order valence-electron chi connectivity index (χ4n) is 1.55. The molecular weight excluding hydrogens is 146 g/mol. The van der Waals surface area contributed by atoms with Gasteiger partial charge >= 0.3 is 0 Å². The van der Waals surface area contributed by atoms with E-state index in [9.17, 15) is 0 Å². The Labute approximate surface area is 76.2 Å². The van der Waals surface area contributed by atoms with Gasteiger partial charge in [0, 0.05) is 6.04 Å². The van der Waals surface area contributed by atoms with Crippen LogP contribution < -0.4 is 5.32 Å². The van der Waals surface area contributed by atoms with Crippen LogP contribution in [0.4, 0.5) is 0 Å². The lowest BCUT2D eigenvalue weighted by atomic mass is 10.0. The van der Waals surface area contributed by atoms with Gasteiger partial charge in [0.25, 0.3) is 0 Å². The van der Waals surface area contributed by atoms with Gasteiger partial charge in [-0.1, -0.05) is 31.9 Å². The summed E-state index contributed by atoms with van der Waals surface area (Å²) in [5.41, 5.74) is 1.38. The lowest BCUT2D eigenvalue weighted by molar-refractivity contribution is 0.486. The molecule has 1 atom stereocenters. The monoisotopic (exact) mass is 167 g/mol. The Morgan fingerprint density at radius 3 is 2.67 bits per heavy atom. The third-order valence-electron chi connectivity index (χ3n) is 2.76. The molecule has 1 N–H and O–H groups in total. The minimum absolute atomic E-state index is 0.685. The van der Waals surface area contributed by atoms with Crippen molar-refractivity contribution in [3.8, 4) is 0 Å². The first-order valence-electron chi connectivity index (χ1n) is 5.10. The molecule has 0 amide bonds. The van der Waals surface area contributed by atoms with Crippen LogP contribution in [-0.4, -0.2) is 13.1 Å². The van der Waals surface area contributed by atoms with Crippen LogP contribution in [0.5, 0.6) is 0 Å². The molecule has 0 aromatic heterocycles. The number of hydrogen-bond acceptors (Lipinski definition) is 1. The molecule has 0 radical (unpaired) electrons. The zero-order valence-corrected chi connectivity index (χ0v) is 8.40. The van der Waals surface area contributed by atoms with Crippen LogP contribution >= 0.6 is 0 Å². The van der Waals surface area contributed by atoms with Crippen molar-refractivity contribution in [3.05, 3.63) is 12.2 Å². The average molecular weight is 167 g/mol.